The number of aryl methyl sites for hydroxylation is 2. The molecule has 0 saturated carbocycles. The van der Waals surface area contributed by atoms with Crippen LogP contribution in [-0.4, -0.2) is 32.0 Å². The minimum atomic E-state index is -2.85. The molecule has 0 bridgehead atoms. The van der Waals surface area contributed by atoms with E-state index in [1.807, 2.05) is 20.9 Å². The molecular weight excluding hydrogens is 268 g/mol. The molecule has 104 valence electrons. The summed E-state index contributed by atoms with van der Waals surface area (Å²) >= 11 is 1.69. The number of sulfone groups is 1. The summed E-state index contributed by atoms with van der Waals surface area (Å²) in [7, 11) is -0.940. The molecule has 1 rings (SSSR count). The second-order valence-electron chi connectivity index (χ2n) is 4.40. The lowest BCUT2D eigenvalue weighted by Crippen LogP contribution is -2.18. The van der Waals surface area contributed by atoms with E-state index < -0.39 is 9.84 Å². The van der Waals surface area contributed by atoms with Crippen LogP contribution in [0.15, 0.2) is 0 Å². The Labute approximate surface area is 114 Å². The number of hydrogen-bond donors (Lipinski definition) is 1. The highest BCUT2D eigenvalue weighted by Crippen LogP contribution is 2.27. The van der Waals surface area contributed by atoms with E-state index in [1.165, 1.54) is 4.88 Å². The smallest absolute Gasteiger partial charge is 0.150 e. The molecule has 1 N–H and O–H groups in total. The highest BCUT2D eigenvalue weighted by molar-refractivity contribution is 7.91. The number of thiazole rings is 1. The Morgan fingerprint density at radius 1 is 1.39 bits per heavy atom. The minimum absolute atomic E-state index is 0.211. The van der Waals surface area contributed by atoms with E-state index in [0.29, 0.717) is 6.42 Å². The van der Waals surface area contributed by atoms with Gasteiger partial charge in [-0.1, -0.05) is 6.92 Å². The van der Waals surface area contributed by atoms with Gasteiger partial charge in [0.1, 0.15) is 9.84 Å². The summed E-state index contributed by atoms with van der Waals surface area (Å²) < 4.78 is 22.9. The van der Waals surface area contributed by atoms with Crippen LogP contribution in [0.1, 0.15) is 41.4 Å². The molecule has 6 heteroatoms. The van der Waals surface area contributed by atoms with Crippen LogP contribution in [0.5, 0.6) is 0 Å². The molecule has 0 radical (unpaired) electrons. The quantitative estimate of drug-likeness (QED) is 0.836. The molecule has 1 atom stereocenters. The lowest BCUT2D eigenvalue weighted by atomic mass is 10.1. The predicted molar refractivity (Wildman–Crippen MR) is 77.0 cm³/mol. The fourth-order valence-corrected chi connectivity index (χ4v) is 3.90. The van der Waals surface area contributed by atoms with Gasteiger partial charge in [-0.2, -0.15) is 0 Å². The Bertz CT molecular complexity index is 480. The van der Waals surface area contributed by atoms with Crippen LogP contribution in [0.25, 0.3) is 0 Å². The van der Waals surface area contributed by atoms with Crippen LogP contribution in [-0.2, 0) is 9.84 Å². The monoisotopic (exact) mass is 290 g/mol. The van der Waals surface area contributed by atoms with Crippen molar-refractivity contribution in [2.75, 3.05) is 18.6 Å². The molecule has 0 aliphatic carbocycles. The molecule has 0 aliphatic rings. The molecule has 0 spiro atoms. The number of hydrogen-bond acceptors (Lipinski definition) is 5. The van der Waals surface area contributed by atoms with Crippen LogP contribution in [0, 0.1) is 13.8 Å². The zero-order valence-corrected chi connectivity index (χ0v) is 13.1. The van der Waals surface area contributed by atoms with Crippen LogP contribution in [0.3, 0.4) is 0 Å². The van der Waals surface area contributed by atoms with Crippen LogP contribution in [0.2, 0.25) is 0 Å². The predicted octanol–water partition coefficient (Wildman–Crippen LogP) is 2.24. The summed E-state index contributed by atoms with van der Waals surface area (Å²) in [6, 6.07) is 0.211. The highest BCUT2D eigenvalue weighted by Gasteiger charge is 2.17. The molecular formula is C12H22N2O2S2. The van der Waals surface area contributed by atoms with E-state index >= 15 is 0 Å². The fraction of sp³-hybridized carbons (Fsp3) is 0.750. The molecule has 1 aromatic heterocycles. The van der Waals surface area contributed by atoms with Crippen molar-refractivity contribution in [1.82, 2.24) is 10.3 Å². The number of nitrogens with zero attached hydrogens (tertiary/aromatic N) is 1. The second kappa shape index (κ2) is 6.63. The average Bonchev–Trinajstić information content (AvgIpc) is 2.64. The Morgan fingerprint density at radius 3 is 2.50 bits per heavy atom. The summed E-state index contributed by atoms with van der Waals surface area (Å²) in [6.07, 6.45) is 1.52. The van der Waals surface area contributed by atoms with Gasteiger partial charge in [0, 0.05) is 16.7 Å². The first-order valence-corrected chi connectivity index (χ1v) is 8.85. The van der Waals surface area contributed by atoms with Crippen LogP contribution in [0.4, 0.5) is 0 Å². The summed E-state index contributed by atoms with van der Waals surface area (Å²) in [6.45, 7) is 5.70. The van der Waals surface area contributed by atoms with E-state index in [2.05, 4.69) is 10.3 Å². The summed E-state index contributed by atoms with van der Waals surface area (Å²) in [5, 5.41) is 4.31. The van der Waals surface area contributed by atoms with Crippen molar-refractivity contribution in [2.45, 2.75) is 39.7 Å². The first kappa shape index (κ1) is 15.6. The minimum Gasteiger partial charge on any atom is -0.312 e. The molecule has 0 aromatic carbocycles. The zero-order valence-electron chi connectivity index (χ0n) is 11.5. The van der Waals surface area contributed by atoms with E-state index in [-0.39, 0.29) is 17.5 Å². The normalized spacial score (nSPS) is 13.8. The van der Waals surface area contributed by atoms with E-state index in [0.717, 1.165) is 17.1 Å². The van der Waals surface area contributed by atoms with Gasteiger partial charge >= 0.3 is 0 Å². The largest absolute Gasteiger partial charge is 0.312 e. The number of aromatic nitrogens is 1. The third-order valence-electron chi connectivity index (χ3n) is 2.99. The molecule has 18 heavy (non-hydrogen) atoms. The third kappa shape index (κ3) is 4.33. The maximum absolute atomic E-state index is 11.4. The summed E-state index contributed by atoms with van der Waals surface area (Å²) in [5.41, 5.74) is 1.05. The Morgan fingerprint density at radius 2 is 2.06 bits per heavy atom. The maximum atomic E-state index is 11.4. The van der Waals surface area contributed by atoms with Crippen molar-refractivity contribution < 1.29 is 8.42 Å². The van der Waals surface area contributed by atoms with Gasteiger partial charge in [0.2, 0.25) is 0 Å². The fourth-order valence-electron chi connectivity index (χ4n) is 1.93. The van der Waals surface area contributed by atoms with Crippen molar-refractivity contribution in [3.05, 3.63) is 15.6 Å². The third-order valence-corrected chi connectivity index (χ3v) is 5.97. The average molecular weight is 290 g/mol. The van der Waals surface area contributed by atoms with Crippen molar-refractivity contribution >= 4 is 21.2 Å². The highest BCUT2D eigenvalue weighted by atomic mass is 32.2. The first-order valence-electron chi connectivity index (χ1n) is 6.21. The molecule has 1 unspecified atom stereocenters. The van der Waals surface area contributed by atoms with Crippen molar-refractivity contribution in [3.8, 4) is 0 Å². The van der Waals surface area contributed by atoms with Gasteiger partial charge in [0.15, 0.2) is 0 Å². The topological polar surface area (TPSA) is 59.1 Å². The zero-order chi connectivity index (χ0) is 13.8. The molecule has 1 heterocycles. The Balaban J connectivity index is 2.61. The van der Waals surface area contributed by atoms with Crippen molar-refractivity contribution in [1.29, 1.82) is 0 Å². The molecule has 0 saturated heterocycles. The van der Waals surface area contributed by atoms with Crippen LogP contribution >= 0.6 is 11.3 Å². The Kier molecular flexibility index (Phi) is 5.75. The van der Waals surface area contributed by atoms with E-state index in [9.17, 15) is 8.42 Å². The molecule has 0 amide bonds. The van der Waals surface area contributed by atoms with E-state index in [4.69, 9.17) is 0 Å². The summed E-state index contributed by atoms with van der Waals surface area (Å²) in [4.78, 5) is 5.64. The van der Waals surface area contributed by atoms with Gasteiger partial charge in [0.05, 0.1) is 16.5 Å². The van der Waals surface area contributed by atoms with Gasteiger partial charge in [0.25, 0.3) is 0 Å². The maximum Gasteiger partial charge on any atom is 0.150 e. The molecule has 1 aromatic rings. The molecule has 4 nitrogen and oxygen atoms in total. The standard InChI is InChI=1S/C12H22N2O2S2/c1-5-18(15,16)8-6-7-11(13-4)12-9(2)14-10(3)17-12/h11,13H,5-8H2,1-4H3. The van der Waals surface area contributed by atoms with Crippen LogP contribution < -0.4 is 5.32 Å². The van der Waals surface area contributed by atoms with Gasteiger partial charge in [-0.15, -0.1) is 11.3 Å². The lowest BCUT2D eigenvalue weighted by Gasteiger charge is -2.14. The van der Waals surface area contributed by atoms with E-state index in [1.54, 1.807) is 18.3 Å². The van der Waals surface area contributed by atoms with Crippen molar-refractivity contribution in [2.24, 2.45) is 0 Å². The lowest BCUT2D eigenvalue weighted by molar-refractivity contribution is 0.540. The number of nitrogens with one attached hydrogen (secondary N) is 1. The Hall–Kier alpha value is -0.460. The van der Waals surface area contributed by atoms with Crippen molar-refractivity contribution in [3.63, 3.8) is 0 Å². The number of rotatable bonds is 7. The van der Waals surface area contributed by atoms with Gasteiger partial charge in [-0.05, 0) is 33.7 Å². The van der Waals surface area contributed by atoms with Gasteiger partial charge in [-0.3, -0.25) is 0 Å². The molecule has 0 aliphatic heterocycles. The molecule has 0 fully saturated rings. The van der Waals surface area contributed by atoms with Gasteiger partial charge in [-0.25, -0.2) is 13.4 Å². The van der Waals surface area contributed by atoms with Gasteiger partial charge < -0.3 is 5.32 Å². The first-order chi connectivity index (χ1) is 8.39. The SMILES string of the molecule is CCS(=O)(=O)CCCC(NC)c1sc(C)nc1C. The summed E-state index contributed by atoms with van der Waals surface area (Å²) in [5.74, 6) is 0.508. The second-order valence-corrected chi connectivity index (χ2v) is 8.11.